The second-order valence-corrected chi connectivity index (χ2v) is 3.58. The highest BCUT2D eigenvalue weighted by Crippen LogP contribution is 1.93. The zero-order valence-electron chi connectivity index (χ0n) is 9.51. The van der Waals surface area contributed by atoms with E-state index in [1.54, 1.807) is 0 Å². The summed E-state index contributed by atoms with van der Waals surface area (Å²) < 4.78 is 0. The molecule has 0 amide bonds. The molecule has 0 heterocycles. The van der Waals surface area contributed by atoms with Gasteiger partial charge in [-0.05, 0) is 26.9 Å². The molecule has 0 rings (SSSR count). The quantitative estimate of drug-likeness (QED) is 0.608. The molecule has 0 aliphatic heterocycles. The van der Waals surface area contributed by atoms with Gasteiger partial charge in [0.25, 0.3) is 0 Å². The van der Waals surface area contributed by atoms with Gasteiger partial charge >= 0.3 is 0 Å². The molecule has 0 spiro atoms. The van der Waals surface area contributed by atoms with Gasteiger partial charge in [-0.15, -0.1) is 6.58 Å². The van der Waals surface area contributed by atoms with Crippen molar-refractivity contribution in [1.29, 1.82) is 0 Å². The molecule has 2 heteroatoms. The van der Waals surface area contributed by atoms with Crippen molar-refractivity contribution >= 4 is 0 Å². The molecule has 2 atom stereocenters. The lowest BCUT2D eigenvalue weighted by atomic mass is 10.2. The monoisotopic (exact) mass is 184 g/mol. The van der Waals surface area contributed by atoms with Crippen LogP contribution in [0.3, 0.4) is 0 Å². The van der Waals surface area contributed by atoms with Crippen LogP contribution < -0.4 is 5.32 Å². The van der Waals surface area contributed by atoms with Crippen molar-refractivity contribution in [3.05, 3.63) is 12.7 Å². The predicted molar refractivity (Wildman–Crippen MR) is 60.0 cm³/mol. The van der Waals surface area contributed by atoms with Crippen LogP contribution in [-0.4, -0.2) is 36.6 Å². The van der Waals surface area contributed by atoms with Crippen LogP contribution in [0.2, 0.25) is 0 Å². The van der Waals surface area contributed by atoms with Crippen molar-refractivity contribution in [2.45, 2.75) is 39.8 Å². The summed E-state index contributed by atoms with van der Waals surface area (Å²) >= 11 is 0. The number of nitrogens with one attached hydrogen (secondary N) is 1. The summed E-state index contributed by atoms with van der Waals surface area (Å²) in [6.45, 7) is 15.9. The minimum Gasteiger partial charge on any atom is -0.307 e. The summed E-state index contributed by atoms with van der Waals surface area (Å²) in [6, 6.07) is 0.943. The normalized spacial score (nSPS) is 15.8. The lowest BCUT2D eigenvalue weighted by Crippen LogP contribution is -2.42. The van der Waals surface area contributed by atoms with Gasteiger partial charge < -0.3 is 10.2 Å². The molecule has 0 aliphatic rings. The molecule has 0 aromatic heterocycles. The molecule has 0 aromatic carbocycles. The van der Waals surface area contributed by atoms with E-state index in [9.17, 15) is 0 Å². The molecule has 1 N–H and O–H groups in total. The molecular weight excluding hydrogens is 160 g/mol. The van der Waals surface area contributed by atoms with Gasteiger partial charge in [0.1, 0.15) is 0 Å². The third-order valence-electron chi connectivity index (χ3n) is 2.33. The Bertz CT molecular complexity index is 130. The summed E-state index contributed by atoms with van der Waals surface area (Å²) in [4.78, 5) is 2.42. The zero-order chi connectivity index (χ0) is 10.3. The number of likely N-dealkylation sites (N-methyl/N-ethyl adjacent to an activating group) is 1. The Balaban J connectivity index is 3.71. The molecule has 2 unspecified atom stereocenters. The lowest BCUT2D eigenvalue weighted by molar-refractivity contribution is 0.268. The van der Waals surface area contributed by atoms with E-state index in [0.717, 1.165) is 19.6 Å². The predicted octanol–water partition coefficient (Wildman–Crippen LogP) is 1.88. The van der Waals surface area contributed by atoms with Gasteiger partial charge in [-0.25, -0.2) is 0 Å². The average molecular weight is 184 g/mol. The van der Waals surface area contributed by atoms with Gasteiger partial charge in [0.05, 0.1) is 0 Å². The third kappa shape index (κ3) is 5.83. The van der Waals surface area contributed by atoms with Crippen LogP contribution in [-0.2, 0) is 0 Å². The maximum atomic E-state index is 3.76. The van der Waals surface area contributed by atoms with Gasteiger partial charge in [-0.1, -0.05) is 19.9 Å². The maximum Gasteiger partial charge on any atom is 0.0222 e. The topological polar surface area (TPSA) is 15.3 Å². The van der Waals surface area contributed by atoms with Crippen LogP contribution in [0.25, 0.3) is 0 Å². The van der Waals surface area contributed by atoms with Crippen LogP contribution in [0.1, 0.15) is 27.7 Å². The van der Waals surface area contributed by atoms with Crippen LogP contribution in [0.5, 0.6) is 0 Å². The number of hydrogen-bond donors (Lipinski definition) is 1. The van der Waals surface area contributed by atoms with Gasteiger partial charge in [0.2, 0.25) is 0 Å². The van der Waals surface area contributed by atoms with Gasteiger partial charge in [-0.3, -0.25) is 0 Å². The van der Waals surface area contributed by atoms with E-state index in [4.69, 9.17) is 0 Å². The minimum absolute atomic E-state index is 0.408. The van der Waals surface area contributed by atoms with Crippen molar-refractivity contribution in [2.75, 3.05) is 19.6 Å². The maximum absolute atomic E-state index is 3.76. The molecule has 78 valence electrons. The van der Waals surface area contributed by atoms with Crippen LogP contribution in [0, 0.1) is 0 Å². The minimum atomic E-state index is 0.408. The Labute approximate surface area is 83.0 Å². The van der Waals surface area contributed by atoms with Crippen molar-refractivity contribution in [2.24, 2.45) is 0 Å². The van der Waals surface area contributed by atoms with Crippen LogP contribution in [0.15, 0.2) is 12.7 Å². The van der Waals surface area contributed by atoms with Gasteiger partial charge in [0.15, 0.2) is 0 Å². The van der Waals surface area contributed by atoms with Crippen molar-refractivity contribution in [3.8, 4) is 0 Å². The second kappa shape index (κ2) is 7.10. The number of nitrogens with zero attached hydrogens (tertiary/aromatic N) is 1. The van der Waals surface area contributed by atoms with Crippen molar-refractivity contribution in [3.63, 3.8) is 0 Å². The fraction of sp³-hybridized carbons (Fsp3) is 0.818. The van der Waals surface area contributed by atoms with E-state index in [1.165, 1.54) is 0 Å². The molecular formula is C11H24N2. The molecule has 0 bridgehead atoms. The highest BCUT2D eigenvalue weighted by atomic mass is 15.1. The highest BCUT2D eigenvalue weighted by Gasteiger charge is 2.07. The van der Waals surface area contributed by atoms with E-state index in [1.807, 2.05) is 6.08 Å². The third-order valence-corrected chi connectivity index (χ3v) is 2.33. The Morgan fingerprint density at radius 3 is 2.23 bits per heavy atom. The number of hydrogen-bond acceptors (Lipinski definition) is 2. The first kappa shape index (κ1) is 12.7. The Kier molecular flexibility index (Phi) is 6.92. The second-order valence-electron chi connectivity index (χ2n) is 3.58. The largest absolute Gasteiger partial charge is 0.307 e. The molecule has 0 radical (unpaired) electrons. The highest BCUT2D eigenvalue weighted by molar-refractivity contribution is 4.83. The Morgan fingerprint density at radius 1 is 1.31 bits per heavy atom. The van der Waals surface area contributed by atoms with Crippen LogP contribution in [0.4, 0.5) is 0 Å². The number of rotatable bonds is 7. The molecule has 2 nitrogen and oxygen atoms in total. The fourth-order valence-electron chi connectivity index (χ4n) is 1.44. The summed E-state index contributed by atoms with van der Waals surface area (Å²) in [7, 11) is 0. The first-order chi connectivity index (χ1) is 6.13. The molecule has 0 aliphatic carbocycles. The summed E-state index contributed by atoms with van der Waals surface area (Å²) in [5, 5.41) is 3.47. The molecule has 13 heavy (non-hydrogen) atoms. The summed E-state index contributed by atoms with van der Waals surface area (Å²) in [5.41, 5.74) is 0. The Morgan fingerprint density at radius 2 is 1.85 bits per heavy atom. The van der Waals surface area contributed by atoms with E-state index in [-0.39, 0.29) is 0 Å². The Hall–Kier alpha value is -0.340. The SMILES string of the molecule is C=CC(C)NC(C)CN(CC)CC. The van der Waals surface area contributed by atoms with E-state index in [2.05, 4.69) is 44.5 Å². The van der Waals surface area contributed by atoms with Gasteiger partial charge in [-0.2, -0.15) is 0 Å². The first-order valence-corrected chi connectivity index (χ1v) is 5.24. The standard InChI is InChI=1S/C11H24N2/c1-6-10(4)12-11(5)9-13(7-2)8-3/h6,10-12H,1,7-9H2,2-5H3. The molecule has 0 saturated heterocycles. The zero-order valence-corrected chi connectivity index (χ0v) is 9.51. The molecule has 0 saturated carbocycles. The van der Waals surface area contributed by atoms with E-state index >= 15 is 0 Å². The fourth-order valence-corrected chi connectivity index (χ4v) is 1.44. The molecule has 0 aromatic rings. The molecule has 0 fully saturated rings. The van der Waals surface area contributed by atoms with Crippen LogP contribution >= 0.6 is 0 Å². The van der Waals surface area contributed by atoms with Crippen molar-refractivity contribution < 1.29 is 0 Å². The van der Waals surface area contributed by atoms with E-state index < -0.39 is 0 Å². The summed E-state index contributed by atoms with van der Waals surface area (Å²) in [6.07, 6.45) is 1.94. The smallest absolute Gasteiger partial charge is 0.0222 e. The first-order valence-electron chi connectivity index (χ1n) is 5.24. The van der Waals surface area contributed by atoms with E-state index in [0.29, 0.717) is 12.1 Å². The average Bonchev–Trinajstić information content (AvgIpc) is 2.13. The van der Waals surface area contributed by atoms with Gasteiger partial charge in [0, 0.05) is 18.6 Å². The lowest BCUT2D eigenvalue weighted by Gasteiger charge is -2.25. The summed E-state index contributed by atoms with van der Waals surface area (Å²) in [5.74, 6) is 0. The van der Waals surface area contributed by atoms with Crippen molar-refractivity contribution in [1.82, 2.24) is 10.2 Å².